The van der Waals surface area contributed by atoms with E-state index in [4.69, 9.17) is 23.2 Å². The minimum atomic E-state index is -0.836. The molecule has 1 atom stereocenters. The zero-order valence-electron chi connectivity index (χ0n) is 11.4. The zero-order valence-corrected chi connectivity index (χ0v) is 13.8. The first kappa shape index (κ1) is 15.5. The smallest absolute Gasteiger partial charge is 0.325 e. The number of benzene rings is 1. The summed E-state index contributed by atoms with van der Waals surface area (Å²) in [5.41, 5.74) is -0.836. The van der Waals surface area contributed by atoms with Crippen molar-refractivity contribution in [2.24, 2.45) is 5.92 Å². The van der Waals surface area contributed by atoms with E-state index in [9.17, 15) is 9.90 Å². The van der Waals surface area contributed by atoms with Crippen molar-refractivity contribution in [3.05, 3.63) is 28.2 Å². The van der Waals surface area contributed by atoms with Gasteiger partial charge in [0.1, 0.15) is 5.54 Å². The molecule has 3 nitrogen and oxygen atoms in total. The number of nitrogens with one attached hydrogen (secondary N) is 1. The van der Waals surface area contributed by atoms with Crippen LogP contribution in [0.25, 0.3) is 0 Å². The van der Waals surface area contributed by atoms with Crippen LogP contribution in [0.5, 0.6) is 0 Å². The average Bonchev–Trinajstić information content (AvgIpc) is 3.30. The molecule has 1 aromatic carbocycles. The molecule has 2 fully saturated rings. The van der Waals surface area contributed by atoms with E-state index in [0.717, 1.165) is 30.6 Å². The van der Waals surface area contributed by atoms with Crippen molar-refractivity contribution in [3.8, 4) is 0 Å². The van der Waals surface area contributed by atoms with E-state index in [0.29, 0.717) is 21.8 Å². The monoisotopic (exact) mass is 345 g/mol. The Hall–Kier alpha value is -0.420. The fraction of sp³-hybridized carbons (Fsp3) is 0.533. The van der Waals surface area contributed by atoms with E-state index in [2.05, 4.69) is 5.32 Å². The SMILES string of the molecule is O=C(O)C(CSc1cc(Cl)ccc1Cl)(NC1CC1)C1CC1. The molecule has 0 spiro atoms. The molecule has 0 amide bonds. The number of aliphatic carboxylic acids is 1. The van der Waals surface area contributed by atoms with Gasteiger partial charge in [0.05, 0.1) is 5.02 Å². The Morgan fingerprint density at radius 2 is 2.05 bits per heavy atom. The Bertz CT molecular complexity index is 561. The summed E-state index contributed by atoms with van der Waals surface area (Å²) in [6, 6.07) is 5.64. The predicted molar refractivity (Wildman–Crippen MR) is 86.4 cm³/mol. The minimum absolute atomic E-state index is 0.223. The van der Waals surface area contributed by atoms with Crippen LogP contribution in [0.1, 0.15) is 25.7 Å². The van der Waals surface area contributed by atoms with Gasteiger partial charge >= 0.3 is 5.97 Å². The molecule has 21 heavy (non-hydrogen) atoms. The van der Waals surface area contributed by atoms with Crippen molar-refractivity contribution in [2.45, 2.75) is 42.2 Å². The number of thioether (sulfide) groups is 1. The summed E-state index contributed by atoms with van der Waals surface area (Å²) in [6.07, 6.45) is 4.11. The fourth-order valence-corrected chi connectivity index (χ4v) is 4.28. The molecule has 0 aliphatic heterocycles. The van der Waals surface area contributed by atoms with E-state index in [1.165, 1.54) is 11.8 Å². The number of rotatable bonds is 7. The van der Waals surface area contributed by atoms with Crippen LogP contribution in [0.2, 0.25) is 10.0 Å². The second-order valence-corrected chi connectivity index (χ2v) is 7.69. The highest BCUT2D eigenvalue weighted by Gasteiger charge is 2.53. The minimum Gasteiger partial charge on any atom is -0.480 e. The average molecular weight is 346 g/mol. The Morgan fingerprint density at radius 1 is 1.33 bits per heavy atom. The van der Waals surface area contributed by atoms with E-state index in [-0.39, 0.29) is 5.92 Å². The Balaban J connectivity index is 1.77. The number of carbonyl (C=O) groups is 1. The van der Waals surface area contributed by atoms with Crippen LogP contribution in [0.4, 0.5) is 0 Å². The molecule has 114 valence electrons. The number of hydrogen-bond acceptors (Lipinski definition) is 3. The molecule has 0 radical (unpaired) electrons. The first-order chi connectivity index (χ1) is 10.0. The van der Waals surface area contributed by atoms with Crippen molar-refractivity contribution in [2.75, 3.05) is 5.75 Å². The maximum Gasteiger partial charge on any atom is 0.325 e. The Labute approximate surface area is 138 Å². The van der Waals surface area contributed by atoms with Gasteiger partial charge in [0.25, 0.3) is 0 Å². The van der Waals surface area contributed by atoms with Gasteiger partial charge in [-0.3, -0.25) is 10.1 Å². The zero-order chi connectivity index (χ0) is 15.0. The summed E-state index contributed by atoms with van der Waals surface area (Å²) in [4.78, 5) is 12.7. The third kappa shape index (κ3) is 3.50. The first-order valence-corrected chi connectivity index (χ1v) is 8.84. The number of carboxylic acid groups (broad SMARTS) is 1. The number of halogens is 2. The van der Waals surface area contributed by atoms with Gasteiger partial charge in [-0.25, -0.2) is 0 Å². The van der Waals surface area contributed by atoms with Crippen LogP contribution in [0.3, 0.4) is 0 Å². The standard InChI is InChI=1S/C15H17Cl2NO2S/c16-10-3-6-12(17)13(7-10)21-8-15(14(19)20,9-1-2-9)18-11-4-5-11/h3,6-7,9,11,18H,1-2,4-5,8H2,(H,19,20). The Morgan fingerprint density at radius 3 is 2.62 bits per heavy atom. The molecule has 0 bridgehead atoms. The lowest BCUT2D eigenvalue weighted by Gasteiger charge is -2.31. The lowest BCUT2D eigenvalue weighted by atomic mass is 9.95. The largest absolute Gasteiger partial charge is 0.480 e. The van der Waals surface area contributed by atoms with Crippen LogP contribution in [0.15, 0.2) is 23.1 Å². The van der Waals surface area contributed by atoms with Gasteiger partial charge in [0.2, 0.25) is 0 Å². The molecular formula is C15H17Cl2NO2S. The molecule has 2 aliphatic carbocycles. The molecule has 0 heterocycles. The van der Waals surface area contributed by atoms with E-state index < -0.39 is 11.5 Å². The fourth-order valence-electron chi connectivity index (χ4n) is 2.52. The maximum absolute atomic E-state index is 11.9. The van der Waals surface area contributed by atoms with Crippen molar-refractivity contribution in [1.82, 2.24) is 5.32 Å². The van der Waals surface area contributed by atoms with Crippen molar-refractivity contribution >= 4 is 40.9 Å². The molecule has 1 unspecified atom stereocenters. The van der Waals surface area contributed by atoms with Gasteiger partial charge in [-0.1, -0.05) is 23.2 Å². The second-order valence-electron chi connectivity index (χ2n) is 5.83. The van der Waals surface area contributed by atoms with Crippen LogP contribution >= 0.6 is 35.0 Å². The highest BCUT2D eigenvalue weighted by molar-refractivity contribution is 7.99. The van der Waals surface area contributed by atoms with Gasteiger partial charge in [-0.05, 0) is 49.8 Å². The molecule has 0 saturated heterocycles. The van der Waals surface area contributed by atoms with Crippen LogP contribution in [-0.4, -0.2) is 28.4 Å². The molecule has 2 saturated carbocycles. The van der Waals surface area contributed by atoms with Gasteiger partial charge in [0.15, 0.2) is 0 Å². The van der Waals surface area contributed by atoms with Crippen LogP contribution in [0, 0.1) is 5.92 Å². The topological polar surface area (TPSA) is 49.3 Å². The lowest BCUT2D eigenvalue weighted by molar-refractivity contribution is -0.145. The van der Waals surface area contributed by atoms with Crippen molar-refractivity contribution in [3.63, 3.8) is 0 Å². The summed E-state index contributed by atoms with van der Waals surface area (Å²) in [6.45, 7) is 0. The highest BCUT2D eigenvalue weighted by atomic mass is 35.5. The number of hydrogen-bond donors (Lipinski definition) is 2. The third-order valence-electron chi connectivity index (χ3n) is 4.04. The maximum atomic E-state index is 11.9. The quantitative estimate of drug-likeness (QED) is 0.731. The van der Waals surface area contributed by atoms with Crippen LogP contribution in [-0.2, 0) is 4.79 Å². The highest BCUT2D eigenvalue weighted by Crippen LogP contribution is 2.45. The van der Waals surface area contributed by atoms with Gasteiger partial charge < -0.3 is 5.11 Å². The summed E-state index contributed by atoms with van der Waals surface area (Å²) in [5, 5.41) is 14.4. The Kier molecular flexibility index (Phi) is 4.42. The molecular weight excluding hydrogens is 329 g/mol. The summed E-state index contributed by atoms with van der Waals surface area (Å²) >= 11 is 13.6. The van der Waals surface area contributed by atoms with Crippen LogP contribution < -0.4 is 5.32 Å². The lowest BCUT2D eigenvalue weighted by Crippen LogP contribution is -2.57. The molecule has 6 heteroatoms. The van der Waals surface area contributed by atoms with Gasteiger partial charge in [-0.2, -0.15) is 0 Å². The normalized spacial score (nSPS) is 21.0. The predicted octanol–water partition coefficient (Wildman–Crippen LogP) is 4.07. The summed E-state index contributed by atoms with van der Waals surface area (Å²) < 4.78 is 0. The first-order valence-electron chi connectivity index (χ1n) is 7.10. The summed E-state index contributed by atoms with van der Waals surface area (Å²) in [5.74, 6) is -0.0487. The summed E-state index contributed by atoms with van der Waals surface area (Å²) in [7, 11) is 0. The molecule has 3 rings (SSSR count). The molecule has 2 aliphatic rings. The van der Waals surface area contributed by atoms with Crippen molar-refractivity contribution < 1.29 is 9.90 Å². The van der Waals surface area contributed by atoms with Gasteiger partial charge in [0, 0.05) is 21.7 Å². The van der Waals surface area contributed by atoms with E-state index in [1.807, 2.05) is 0 Å². The third-order valence-corrected chi connectivity index (χ3v) is 5.97. The number of carboxylic acids is 1. The molecule has 1 aromatic rings. The second kappa shape index (κ2) is 5.99. The van der Waals surface area contributed by atoms with E-state index >= 15 is 0 Å². The molecule has 2 N–H and O–H groups in total. The van der Waals surface area contributed by atoms with Crippen molar-refractivity contribution in [1.29, 1.82) is 0 Å². The van der Waals surface area contributed by atoms with Gasteiger partial charge in [-0.15, -0.1) is 11.8 Å². The molecule has 0 aromatic heterocycles. The van der Waals surface area contributed by atoms with E-state index in [1.54, 1.807) is 18.2 Å².